The molecule has 0 atom stereocenters. The molecule has 1 N–H and O–H groups in total. The molecule has 2 aromatic heterocycles. The Morgan fingerprint density at radius 2 is 2.25 bits per heavy atom. The summed E-state index contributed by atoms with van der Waals surface area (Å²) >= 11 is 1.22. The van der Waals surface area contributed by atoms with Crippen LogP contribution in [0.5, 0.6) is 0 Å². The summed E-state index contributed by atoms with van der Waals surface area (Å²) in [7, 11) is 0. The van der Waals surface area contributed by atoms with E-state index < -0.39 is 5.97 Å². The van der Waals surface area contributed by atoms with Gasteiger partial charge in [-0.1, -0.05) is 23.4 Å². The average Bonchev–Trinajstić information content (AvgIpc) is 2.70. The molecular weight excluding hydrogens is 274 g/mol. The highest BCUT2D eigenvalue weighted by molar-refractivity contribution is 7.99. The molecule has 20 heavy (non-hydrogen) atoms. The number of nitrogens with zero attached hydrogens (tertiary/aromatic N) is 3. The second-order valence-electron chi connectivity index (χ2n) is 4.82. The van der Waals surface area contributed by atoms with E-state index in [0.29, 0.717) is 11.7 Å². The van der Waals surface area contributed by atoms with Gasteiger partial charge in [-0.15, -0.1) is 0 Å². The third-order valence-electron chi connectivity index (χ3n) is 2.69. The first-order chi connectivity index (χ1) is 9.47. The minimum absolute atomic E-state index is 0.00285. The van der Waals surface area contributed by atoms with Crippen molar-refractivity contribution in [2.24, 2.45) is 0 Å². The number of rotatable bonds is 5. The molecule has 0 aromatic carbocycles. The fraction of sp³-hybridized carbons (Fsp3) is 0.357. The largest absolute Gasteiger partial charge is 0.481 e. The minimum atomic E-state index is -0.847. The van der Waals surface area contributed by atoms with Crippen molar-refractivity contribution in [2.45, 2.75) is 32.5 Å². The SMILES string of the molecule is CC(C)=CCn1c(SCC(=O)O)nc2cc(C)cnc21. The first-order valence-electron chi connectivity index (χ1n) is 6.28. The number of aromatic nitrogens is 3. The zero-order chi connectivity index (χ0) is 14.7. The number of fused-ring (bicyclic) bond motifs is 1. The topological polar surface area (TPSA) is 68.0 Å². The molecule has 2 aromatic rings. The summed E-state index contributed by atoms with van der Waals surface area (Å²) in [6.07, 6.45) is 3.88. The van der Waals surface area contributed by atoms with Crippen molar-refractivity contribution in [3.63, 3.8) is 0 Å². The molecule has 0 aliphatic rings. The molecule has 0 fully saturated rings. The monoisotopic (exact) mass is 291 g/mol. The number of aryl methyl sites for hydroxylation is 1. The maximum absolute atomic E-state index is 10.7. The molecule has 0 saturated carbocycles. The summed E-state index contributed by atoms with van der Waals surface area (Å²) < 4.78 is 1.95. The molecular formula is C14H17N3O2S. The lowest BCUT2D eigenvalue weighted by atomic mass is 10.3. The van der Waals surface area contributed by atoms with Gasteiger partial charge in [0.15, 0.2) is 10.8 Å². The van der Waals surface area contributed by atoms with E-state index in [4.69, 9.17) is 5.11 Å². The van der Waals surface area contributed by atoms with Crippen LogP contribution in [0.1, 0.15) is 19.4 Å². The van der Waals surface area contributed by atoms with Gasteiger partial charge in [0.25, 0.3) is 0 Å². The predicted molar refractivity (Wildman–Crippen MR) is 80.1 cm³/mol. The highest BCUT2D eigenvalue weighted by Gasteiger charge is 2.13. The van der Waals surface area contributed by atoms with Crippen molar-refractivity contribution >= 4 is 28.9 Å². The van der Waals surface area contributed by atoms with Gasteiger partial charge in [-0.2, -0.15) is 0 Å². The summed E-state index contributed by atoms with van der Waals surface area (Å²) in [5.41, 5.74) is 3.84. The van der Waals surface area contributed by atoms with Gasteiger partial charge in [-0.05, 0) is 32.4 Å². The van der Waals surface area contributed by atoms with Gasteiger partial charge in [0.1, 0.15) is 5.52 Å². The van der Waals surface area contributed by atoms with Gasteiger partial charge in [-0.25, -0.2) is 9.97 Å². The van der Waals surface area contributed by atoms with Crippen LogP contribution in [0, 0.1) is 6.92 Å². The van der Waals surface area contributed by atoms with E-state index in [2.05, 4.69) is 16.0 Å². The van der Waals surface area contributed by atoms with Gasteiger partial charge in [0.2, 0.25) is 0 Å². The van der Waals surface area contributed by atoms with E-state index in [9.17, 15) is 4.79 Å². The maximum Gasteiger partial charge on any atom is 0.313 e. The van der Waals surface area contributed by atoms with Crippen molar-refractivity contribution < 1.29 is 9.90 Å². The molecule has 5 nitrogen and oxygen atoms in total. The van der Waals surface area contributed by atoms with E-state index in [-0.39, 0.29) is 5.75 Å². The van der Waals surface area contributed by atoms with Crippen LogP contribution in [0.25, 0.3) is 11.2 Å². The molecule has 0 aliphatic heterocycles. The third kappa shape index (κ3) is 3.39. The van der Waals surface area contributed by atoms with Gasteiger partial charge in [0.05, 0.1) is 5.75 Å². The predicted octanol–water partition coefficient (Wildman–Crippen LogP) is 2.88. The van der Waals surface area contributed by atoms with Crippen LogP contribution >= 0.6 is 11.8 Å². The first-order valence-corrected chi connectivity index (χ1v) is 7.27. The molecule has 106 valence electrons. The Hall–Kier alpha value is -1.82. The Bertz CT molecular complexity index is 672. The van der Waals surface area contributed by atoms with Gasteiger partial charge < -0.3 is 5.11 Å². The lowest BCUT2D eigenvalue weighted by Gasteiger charge is -2.05. The van der Waals surface area contributed by atoms with Crippen molar-refractivity contribution in [3.8, 4) is 0 Å². The summed E-state index contributed by atoms with van der Waals surface area (Å²) in [6.45, 7) is 6.67. The number of aliphatic carboxylic acids is 1. The molecule has 2 heterocycles. The number of imidazole rings is 1. The fourth-order valence-electron chi connectivity index (χ4n) is 1.77. The Morgan fingerprint density at radius 1 is 1.50 bits per heavy atom. The molecule has 0 unspecified atom stereocenters. The lowest BCUT2D eigenvalue weighted by molar-refractivity contribution is -0.133. The lowest BCUT2D eigenvalue weighted by Crippen LogP contribution is -2.03. The number of carboxylic acid groups (broad SMARTS) is 1. The minimum Gasteiger partial charge on any atom is -0.481 e. The summed E-state index contributed by atoms with van der Waals surface area (Å²) in [4.78, 5) is 19.6. The fourth-order valence-corrected chi connectivity index (χ4v) is 2.50. The first kappa shape index (κ1) is 14.6. The van der Waals surface area contributed by atoms with Crippen LogP contribution in [-0.4, -0.2) is 31.4 Å². The molecule has 0 radical (unpaired) electrons. The summed E-state index contributed by atoms with van der Waals surface area (Å²) in [6, 6.07) is 1.96. The van der Waals surface area contributed by atoms with Gasteiger partial charge >= 0.3 is 5.97 Å². The Balaban J connectivity index is 2.44. The number of thioether (sulfide) groups is 1. The van der Waals surface area contributed by atoms with Crippen molar-refractivity contribution in [3.05, 3.63) is 29.5 Å². The number of allylic oxidation sites excluding steroid dienone is 2. The van der Waals surface area contributed by atoms with E-state index in [1.54, 1.807) is 6.20 Å². The van der Waals surface area contributed by atoms with E-state index in [1.807, 2.05) is 31.4 Å². The van der Waals surface area contributed by atoms with E-state index in [0.717, 1.165) is 16.7 Å². The molecule has 0 amide bonds. The van der Waals surface area contributed by atoms with Crippen LogP contribution < -0.4 is 0 Å². The molecule has 2 rings (SSSR count). The standard InChI is InChI=1S/C14H17N3O2S/c1-9(2)4-5-17-13-11(6-10(3)7-15-13)16-14(17)20-8-12(18)19/h4,6-7H,5,8H2,1-3H3,(H,18,19). The smallest absolute Gasteiger partial charge is 0.313 e. The quantitative estimate of drug-likeness (QED) is 0.677. The number of carboxylic acids is 1. The molecule has 6 heteroatoms. The molecule has 0 spiro atoms. The van der Waals surface area contributed by atoms with Crippen LogP contribution in [-0.2, 0) is 11.3 Å². The van der Waals surface area contributed by atoms with Crippen LogP contribution in [0.4, 0.5) is 0 Å². The maximum atomic E-state index is 10.7. The highest BCUT2D eigenvalue weighted by Crippen LogP contribution is 2.23. The summed E-state index contributed by atoms with van der Waals surface area (Å²) in [5.74, 6) is -0.850. The third-order valence-corrected chi connectivity index (χ3v) is 3.65. The number of carbonyl (C=O) groups is 1. The van der Waals surface area contributed by atoms with E-state index >= 15 is 0 Å². The second kappa shape index (κ2) is 6.09. The number of hydrogen-bond donors (Lipinski definition) is 1. The average molecular weight is 291 g/mol. The van der Waals surface area contributed by atoms with Crippen molar-refractivity contribution in [1.82, 2.24) is 14.5 Å². The van der Waals surface area contributed by atoms with Crippen molar-refractivity contribution in [1.29, 1.82) is 0 Å². The van der Waals surface area contributed by atoms with Gasteiger partial charge in [-0.3, -0.25) is 9.36 Å². The zero-order valence-corrected chi connectivity index (χ0v) is 12.6. The van der Waals surface area contributed by atoms with Crippen LogP contribution in [0.2, 0.25) is 0 Å². The van der Waals surface area contributed by atoms with Crippen LogP contribution in [0.3, 0.4) is 0 Å². The Kier molecular flexibility index (Phi) is 4.44. The zero-order valence-electron chi connectivity index (χ0n) is 11.8. The second-order valence-corrected chi connectivity index (χ2v) is 5.77. The Labute approximate surface area is 121 Å². The van der Waals surface area contributed by atoms with Crippen LogP contribution in [0.15, 0.2) is 29.1 Å². The highest BCUT2D eigenvalue weighted by atomic mass is 32.2. The normalized spacial score (nSPS) is 10.8. The molecule has 0 saturated heterocycles. The van der Waals surface area contributed by atoms with Gasteiger partial charge in [0, 0.05) is 12.7 Å². The van der Waals surface area contributed by atoms with Crippen molar-refractivity contribution in [2.75, 3.05) is 5.75 Å². The Morgan fingerprint density at radius 3 is 2.90 bits per heavy atom. The number of pyridine rings is 1. The number of hydrogen-bond acceptors (Lipinski definition) is 4. The summed E-state index contributed by atoms with van der Waals surface area (Å²) in [5, 5.41) is 9.51. The molecule has 0 aliphatic carbocycles. The van der Waals surface area contributed by atoms with E-state index in [1.165, 1.54) is 17.3 Å². The molecule has 0 bridgehead atoms.